The molecule has 0 saturated heterocycles. The van der Waals surface area contributed by atoms with Gasteiger partial charge in [0.15, 0.2) is 0 Å². The summed E-state index contributed by atoms with van der Waals surface area (Å²) >= 11 is 0. The first-order chi connectivity index (χ1) is 4.91. The lowest BCUT2D eigenvalue weighted by Gasteiger charge is -1.98. The summed E-state index contributed by atoms with van der Waals surface area (Å²) in [5.41, 5.74) is 0. The fourth-order valence-electron chi connectivity index (χ4n) is 0.762. The second kappa shape index (κ2) is 8.52. The Bertz CT molecular complexity index is 91.4. The van der Waals surface area contributed by atoms with E-state index in [0.29, 0.717) is 6.61 Å². The van der Waals surface area contributed by atoms with Gasteiger partial charge >= 0.3 is 0 Å². The van der Waals surface area contributed by atoms with Crippen LogP contribution < -0.4 is 0 Å². The Morgan fingerprint density at radius 1 is 1.30 bits per heavy atom. The molecule has 0 N–H and O–H groups in total. The molecule has 0 bridgehead atoms. The summed E-state index contributed by atoms with van der Waals surface area (Å²) in [6.45, 7) is 3.48. The second-order valence-corrected chi connectivity index (χ2v) is 2.32. The Kier molecular flexibility index (Phi) is 8.11. The van der Waals surface area contributed by atoms with Crippen molar-refractivity contribution in [2.75, 3.05) is 13.2 Å². The largest absolute Gasteiger partial charge is 0.369 e. The average Bonchev–Trinajstić information content (AvgIpc) is 1.97. The summed E-state index contributed by atoms with van der Waals surface area (Å²) in [4.78, 5) is 0. The molecule has 0 aromatic rings. The molecule has 58 valence electrons. The Morgan fingerprint density at radius 3 is 2.70 bits per heavy atom. The van der Waals surface area contributed by atoms with Crippen molar-refractivity contribution >= 4 is 0 Å². The first kappa shape index (κ1) is 9.52. The van der Waals surface area contributed by atoms with Crippen molar-refractivity contribution in [3.05, 3.63) is 0 Å². The molecule has 0 aromatic carbocycles. The summed E-state index contributed by atoms with van der Waals surface area (Å²) in [7, 11) is 0. The molecule has 0 radical (unpaired) electrons. The SMILES string of the molecule is C#CCOCCCCCC. The minimum absolute atomic E-state index is 0.464. The predicted molar refractivity (Wildman–Crippen MR) is 43.8 cm³/mol. The van der Waals surface area contributed by atoms with Gasteiger partial charge in [0.25, 0.3) is 0 Å². The molecule has 0 unspecified atom stereocenters. The van der Waals surface area contributed by atoms with Gasteiger partial charge in [0.05, 0.1) is 0 Å². The van der Waals surface area contributed by atoms with Crippen molar-refractivity contribution in [3.63, 3.8) is 0 Å². The Labute approximate surface area is 63.8 Å². The van der Waals surface area contributed by atoms with Crippen molar-refractivity contribution in [1.82, 2.24) is 0 Å². The molecule has 0 heterocycles. The lowest BCUT2D eigenvalue weighted by Crippen LogP contribution is -1.93. The van der Waals surface area contributed by atoms with Crippen LogP contribution in [0.4, 0.5) is 0 Å². The van der Waals surface area contributed by atoms with Crippen LogP contribution in [-0.2, 0) is 4.74 Å². The van der Waals surface area contributed by atoms with E-state index in [4.69, 9.17) is 11.2 Å². The van der Waals surface area contributed by atoms with Crippen LogP contribution in [0, 0.1) is 12.3 Å². The van der Waals surface area contributed by atoms with E-state index in [1.54, 1.807) is 0 Å². The molecular formula is C9H16O. The minimum atomic E-state index is 0.464. The fraction of sp³-hybridized carbons (Fsp3) is 0.778. The molecule has 10 heavy (non-hydrogen) atoms. The topological polar surface area (TPSA) is 9.23 Å². The smallest absolute Gasteiger partial charge is 0.107 e. The summed E-state index contributed by atoms with van der Waals surface area (Å²) < 4.78 is 5.09. The maximum absolute atomic E-state index is 5.09. The normalized spacial score (nSPS) is 9.20. The zero-order valence-electron chi connectivity index (χ0n) is 6.73. The van der Waals surface area contributed by atoms with E-state index in [1.165, 1.54) is 19.3 Å². The first-order valence-corrected chi connectivity index (χ1v) is 3.93. The second-order valence-electron chi connectivity index (χ2n) is 2.32. The molecule has 0 aliphatic heterocycles. The van der Waals surface area contributed by atoms with Crippen molar-refractivity contribution in [2.24, 2.45) is 0 Å². The molecule has 0 fully saturated rings. The summed E-state index contributed by atoms with van der Waals surface area (Å²) in [5, 5.41) is 0. The van der Waals surface area contributed by atoms with Crippen LogP contribution in [0.5, 0.6) is 0 Å². The van der Waals surface area contributed by atoms with Crippen LogP contribution in [0.3, 0.4) is 0 Å². The standard InChI is InChI=1S/C9H16O/c1-3-5-6-7-9-10-8-4-2/h2H,3,5-9H2,1H3. The number of ether oxygens (including phenoxy) is 1. The van der Waals surface area contributed by atoms with Crippen molar-refractivity contribution in [2.45, 2.75) is 32.6 Å². The highest BCUT2D eigenvalue weighted by Gasteiger charge is 1.86. The third-order valence-electron chi connectivity index (χ3n) is 1.33. The van der Waals surface area contributed by atoms with Gasteiger partial charge in [-0.2, -0.15) is 0 Å². The maximum atomic E-state index is 5.09. The monoisotopic (exact) mass is 140 g/mol. The molecule has 0 saturated carbocycles. The van der Waals surface area contributed by atoms with E-state index in [1.807, 2.05) is 0 Å². The van der Waals surface area contributed by atoms with E-state index in [0.717, 1.165) is 13.0 Å². The molecule has 1 nitrogen and oxygen atoms in total. The molecular weight excluding hydrogens is 124 g/mol. The van der Waals surface area contributed by atoms with Gasteiger partial charge in [0.1, 0.15) is 6.61 Å². The lowest BCUT2D eigenvalue weighted by molar-refractivity contribution is 0.162. The zero-order chi connectivity index (χ0) is 7.66. The zero-order valence-corrected chi connectivity index (χ0v) is 6.73. The van der Waals surface area contributed by atoms with Crippen LogP contribution in [0.2, 0.25) is 0 Å². The molecule has 0 spiro atoms. The number of rotatable bonds is 6. The average molecular weight is 140 g/mol. The fourth-order valence-corrected chi connectivity index (χ4v) is 0.762. The van der Waals surface area contributed by atoms with Gasteiger partial charge in [-0.1, -0.05) is 32.1 Å². The van der Waals surface area contributed by atoms with Gasteiger partial charge < -0.3 is 4.74 Å². The summed E-state index contributed by atoms with van der Waals surface area (Å²) in [5.74, 6) is 2.44. The molecule has 0 rings (SSSR count). The lowest BCUT2D eigenvalue weighted by atomic mass is 10.2. The number of unbranched alkanes of at least 4 members (excludes halogenated alkanes) is 3. The van der Waals surface area contributed by atoms with Crippen LogP contribution >= 0.6 is 0 Å². The number of hydrogen-bond donors (Lipinski definition) is 0. The van der Waals surface area contributed by atoms with Gasteiger partial charge in [0.2, 0.25) is 0 Å². The minimum Gasteiger partial charge on any atom is -0.369 e. The molecule has 0 aliphatic rings. The third kappa shape index (κ3) is 7.52. The van der Waals surface area contributed by atoms with Gasteiger partial charge in [0, 0.05) is 6.61 Å². The number of hydrogen-bond acceptors (Lipinski definition) is 1. The van der Waals surface area contributed by atoms with Crippen LogP contribution in [0.1, 0.15) is 32.6 Å². The third-order valence-corrected chi connectivity index (χ3v) is 1.33. The van der Waals surface area contributed by atoms with Gasteiger partial charge in [-0.25, -0.2) is 0 Å². The molecule has 0 atom stereocenters. The van der Waals surface area contributed by atoms with Crippen LogP contribution in [0.25, 0.3) is 0 Å². The predicted octanol–water partition coefficient (Wildman–Crippen LogP) is 2.22. The first-order valence-electron chi connectivity index (χ1n) is 3.93. The van der Waals surface area contributed by atoms with E-state index in [-0.39, 0.29) is 0 Å². The van der Waals surface area contributed by atoms with Crippen LogP contribution in [0.15, 0.2) is 0 Å². The molecule has 0 aromatic heterocycles. The Hall–Kier alpha value is -0.480. The highest BCUT2D eigenvalue weighted by Crippen LogP contribution is 1.98. The Balaban J connectivity index is 2.72. The Morgan fingerprint density at radius 2 is 2.10 bits per heavy atom. The van der Waals surface area contributed by atoms with Gasteiger partial charge in [-0.3, -0.25) is 0 Å². The summed E-state index contributed by atoms with van der Waals surface area (Å²) in [6, 6.07) is 0. The van der Waals surface area contributed by atoms with E-state index in [9.17, 15) is 0 Å². The van der Waals surface area contributed by atoms with Gasteiger partial charge in [-0.05, 0) is 6.42 Å². The van der Waals surface area contributed by atoms with Crippen molar-refractivity contribution in [1.29, 1.82) is 0 Å². The van der Waals surface area contributed by atoms with Crippen LogP contribution in [-0.4, -0.2) is 13.2 Å². The van der Waals surface area contributed by atoms with Gasteiger partial charge in [-0.15, -0.1) is 6.42 Å². The number of terminal acetylenes is 1. The summed E-state index contributed by atoms with van der Waals surface area (Å²) in [6.07, 6.45) is 9.99. The van der Waals surface area contributed by atoms with Crippen molar-refractivity contribution in [3.8, 4) is 12.3 Å². The molecule has 1 heteroatoms. The highest BCUT2D eigenvalue weighted by molar-refractivity contribution is 4.82. The quantitative estimate of drug-likeness (QED) is 0.406. The van der Waals surface area contributed by atoms with E-state index < -0.39 is 0 Å². The molecule has 0 aliphatic carbocycles. The maximum Gasteiger partial charge on any atom is 0.107 e. The van der Waals surface area contributed by atoms with E-state index in [2.05, 4.69) is 12.8 Å². The molecule has 0 amide bonds. The highest BCUT2D eigenvalue weighted by atomic mass is 16.5. The van der Waals surface area contributed by atoms with E-state index >= 15 is 0 Å². The van der Waals surface area contributed by atoms with Crippen molar-refractivity contribution < 1.29 is 4.74 Å².